The van der Waals surface area contributed by atoms with Gasteiger partial charge in [0.15, 0.2) is 6.10 Å². The van der Waals surface area contributed by atoms with Gasteiger partial charge in [-0.05, 0) is 65.2 Å². The molecule has 1 unspecified atom stereocenters. The van der Waals surface area contributed by atoms with Gasteiger partial charge in [-0.15, -0.1) is 0 Å². The summed E-state index contributed by atoms with van der Waals surface area (Å²) in [5, 5.41) is 2.18. The molecule has 0 bridgehead atoms. The monoisotopic (exact) mass is 489 g/mol. The van der Waals surface area contributed by atoms with E-state index < -0.39 is 6.10 Å². The molecular weight excluding hydrogens is 469 g/mol. The number of nitrogens with zero attached hydrogens (tertiary/aromatic N) is 3. The number of aromatic nitrogens is 3. The van der Waals surface area contributed by atoms with E-state index in [0.29, 0.717) is 15.8 Å². The predicted octanol–water partition coefficient (Wildman–Crippen LogP) is 6.41. The summed E-state index contributed by atoms with van der Waals surface area (Å²) in [6.45, 7) is 0. The Hall–Kier alpha value is -3.54. The fourth-order valence-corrected chi connectivity index (χ4v) is 4.42. The van der Waals surface area contributed by atoms with Crippen molar-refractivity contribution in [2.45, 2.75) is 6.10 Å². The first-order valence-corrected chi connectivity index (χ1v) is 11.4. The number of benzene rings is 3. The molecule has 5 nitrogen and oxygen atoms in total. The van der Waals surface area contributed by atoms with Gasteiger partial charge in [0.05, 0.1) is 23.7 Å². The van der Waals surface area contributed by atoms with Crippen LogP contribution in [0.4, 0.5) is 0 Å². The molecule has 3 aromatic carbocycles. The second-order valence-corrected chi connectivity index (χ2v) is 9.00. The zero-order chi connectivity index (χ0) is 23.8. The molecule has 0 spiro atoms. The van der Waals surface area contributed by atoms with Crippen LogP contribution in [0.3, 0.4) is 0 Å². The van der Waals surface area contributed by atoms with Gasteiger partial charge < -0.3 is 13.9 Å². The molecule has 7 heteroatoms. The Balaban J connectivity index is 1.71. The zero-order valence-electron chi connectivity index (χ0n) is 18.6. The lowest BCUT2D eigenvalue weighted by Gasteiger charge is -2.21. The summed E-state index contributed by atoms with van der Waals surface area (Å²) >= 11 is 12.3. The summed E-state index contributed by atoms with van der Waals surface area (Å²) in [7, 11) is 3.71. The normalized spacial score (nSPS) is 12.1. The Labute approximate surface area is 206 Å². The summed E-state index contributed by atoms with van der Waals surface area (Å²) in [6, 6.07) is 22.4. The van der Waals surface area contributed by atoms with E-state index in [0.717, 1.165) is 33.3 Å². The first kappa shape index (κ1) is 22.3. The molecule has 0 aliphatic carbocycles. The highest BCUT2D eigenvalue weighted by molar-refractivity contribution is 6.31. The van der Waals surface area contributed by atoms with Crippen molar-refractivity contribution < 1.29 is 4.74 Å². The highest BCUT2D eigenvalue weighted by atomic mass is 35.5. The van der Waals surface area contributed by atoms with Gasteiger partial charge >= 0.3 is 0 Å². The first-order valence-electron chi connectivity index (χ1n) is 10.7. The van der Waals surface area contributed by atoms with Crippen molar-refractivity contribution in [2.75, 3.05) is 0 Å². The minimum Gasteiger partial charge on any atom is -0.479 e. The highest BCUT2D eigenvalue weighted by Crippen LogP contribution is 2.34. The number of fused-ring (bicyclic) bond motifs is 1. The zero-order valence-corrected chi connectivity index (χ0v) is 20.1. The lowest BCUT2D eigenvalue weighted by Crippen LogP contribution is -2.17. The average Bonchev–Trinajstić information content (AvgIpc) is 3.26. The van der Waals surface area contributed by atoms with Crippen LogP contribution < -0.4 is 10.3 Å². The van der Waals surface area contributed by atoms with Crippen LogP contribution >= 0.6 is 23.2 Å². The second kappa shape index (κ2) is 9.01. The van der Waals surface area contributed by atoms with Crippen molar-refractivity contribution >= 4 is 34.1 Å². The molecule has 0 fully saturated rings. The molecule has 1 atom stereocenters. The third-order valence-corrected chi connectivity index (χ3v) is 6.39. The second-order valence-electron chi connectivity index (χ2n) is 8.12. The Morgan fingerprint density at radius 3 is 2.41 bits per heavy atom. The maximum atomic E-state index is 12.7. The number of hydrogen-bond acceptors (Lipinski definition) is 3. The molecular formula is C27H21Cl2N3O2. The standard InChI is InChI=1S/C27H21Cl2N3O2/c1-31-16-30-15-25(31)27(34-21-9-7-19(28)8-10-21)18-6-11-24-23(13-18)22(14-26(33)32(24)2)17-4-3-5-20(29)12-17/h3-16,27H,1-2H3. The summed E-state index contributed by atoms with van der Waals surface area (Å²) in [4.78, 5) is 17.0. The molecule has 0 saturated heterocycles. The number of rotatable bonds is 5. The molecule has 34 heavy (non-hydrogen) atoms. The van der Waals surface area contributed by atoms with E-state index in [1.807, 2.05) is 60.1 Å². The van der Waals surface area contributed by atoms with Gasteiger partial charge in [0.1, 0.15) is 5.75 Å². The van der Waals surface area contributed by atoms with Crippen LogP contribution in [-0.2, 0) is 14.1 Å². The number of ether oxygens (including phenoxy) is 1. The number of halogens is 2. The van der Waals surface area contributed by atoms with Crippen molar-refractivity contribution in [2.24, 2.45) is 14.1 Å². The molecule has 0 N–H and O–H groups in total. The summed E-state index contributed by atoms with van der Waals surface area (Å²) in [5.74, 6) is 0.686. The van der Waals surface area contributed by atoms with Crippen LogP contribution in [0.5, 0.6) is 5.75 Å². The molecule has 2 aromatic heterocycles. The maximum absolute atomic E-state index is 12.7. The number of imidazole rings is 1. The van der Waals surface area contributed by atoms with Crippen molar-refractivity contribution in [3.05, 3.63) is 117 Å². The van der Waals surface area contributed by atoms with Crippen molar-refractivity contribution in [1.82, 2.24) is 14.1 Å². The first-order chi connectivity index (χ1) is 16.4. The van der Waals surface area contributed by atoms with Crippen LogP contribution in [0.25, 0.3) is 22.0 Å². The van der Waals surface area contributed by atoms with Crippen LogP contribution in [0, 0.1) is 0 Å². The number of aryl methyl sites for hydroxylation is 2. The molecule has 0 amide bonds. The minimum absolute atomic E-state index is 0.0872. The third kappa shape index (κ3) is 4.20. The van der Waals surface area contributed by atoms with E-state index in [1.165, 1.54) is 0 Å². The van der Waals surface area contributed by atoms with E-state index >= 15 is 0 Å². The lowest BCUT2D eigenvalue weighted by molar-refractivity contribution is 0.238. The summed E-state index contributed by atoms with van der Waals surface area (Å²) in [5.41, 5.74) is 4.24. The topological polar surface area (TPSA) is 49.1 Å². The molecule has 0 radical (unpaired) electrons. The fraction of sp³-hybridized carbons (Fsp3) is 0.111. The average molecular weight is 490 g/mol. The van der Waals surface area contributed by atoms with Gasteiger partial charge in [0, 0.05) is 35.6 Å². The van der Waals surface area contributed by atoms with Crippen LogP contribution in [0.2, 0.25) is 10.0 Å². The van der Waals surface area contributed by atoms with Crippen molar-refractivity contribution in [3.8, 4) is 16.9 Å². The van der Waals surface area contributed by atoms with E-state index in [-0.39, 0.29) is 5.56 Å². The Bertz CT molecular complexity index is 1560. The van der Waals surface area contributed by atoms with Crippen molar-refractivity contribution in [3.63, 3.8) is 0 Å². The third-order valence-electron chi connectivity index (χ3n) is 5.90. The largest absolute Gasteiger partial charge is 0.479 e. The van der Waals surface area contributed by atoms with Crippen LogP contribution in [0.1, 0.15) is 17.4 Å². The summed E-state index contributed by atoms with van der Waals surface area (Å²) in [6.07, 6.45) is 3.11. The number of hydrogen-bond donors (Lipinski definition) is 0. The maximum Gasteiger partial charge on any atom is 0.251 e. The van der Waals surface area contributed by atoms with Gasteiger partial charge in [-0.1, -0.05) is 41.4 Å². The number of pyridine rings is 1. The molecule has 0 aliphatic heterocycles. The Morgan fingerprint density at radius 1 is 0.912 bits per heavy atom. The molecule has 5 rings (SSSR count). The molecule has 170 valence electrons. The summed E-state index contributed by atoms with van der Waals surface area (Å²) < 4.78 is 10.0. The smallest absolute Gasteiger partial charge is 0.251 e. The minimum atomic E-state index is -0.428. The Morgan fingerprint density at radius 2 is 1.71 bits per heavy atom. The predicted molar refractivity (Wildman–Crippen MR) is 137 cm³/mol. The van der Waals surface area contributed by atoms with Crippen LogP contribution in [0.15, 0.2) is 90.1 Å². The molecule has 5 aromatic rings. The quantitative estimate of drug-likeness (QED) is 0.286. The molecule has 2 heterocycles. The molecule has 0 aliphatic rings. The van der Waals surface area contributed by atoms with Gasteiger partial charge in [-0.3, -0.25) is 4.79 Å². The van der Waals surface area contributed by atoms with E-state index in [1.54, 1.807) is 42.3 Å². The van der Waals surface area contributed by atoms with Gasteiger partial charge in [-0.2, -0.15) is 0 Å². The van der Waals surface area contributed by atoms with Gasteiger partial charge in [-0.25, -0.2) is 4.98 Å². The van der Waals surface area contributed by atoms with Crippen molar-refractivity contribution in [1.29, 1.82) is 0 Å². The van der Waals surface area contributed by atoms with Gasteiger partial charge in [0.2, 0.25) is 0 Å². The van der Waals surface area contributed by atoms with E-state index in [4.69, 9.17) is 27.9 Å². The SMILES string of the molecule is Cn1cncc1C(Oc1ccc(Cl)cc1)c1ccc2c(c1)c(-c1cccc(Cl)c1)cc(=O)n2C. The lowest BCUT2D eigenvalue weighted by atomic mass is 9.97. The molecule has 0 saturated carbocycles. The van der Waals surface area contributed by atoms with Gasteiger partial charge in [0.25, 0.3) is 5.56 Å². The van der Waals surface area contributed by atoms with E-state index in [2.05, 4.69) is 11.1 Å². The Kier molecular flexibility index (Phi) is 5.90. The highest BCUT2D eigenvalue weighted by Gasteiger charge is 2.21. The van der Waals surface area contributed by atoms with E-state index in [9.17, 15) is 4.79 Å². The van der Waals surface area contributed by atoms with Crippen LogP contribution in [-0.4, -0.2) is 14.1 Å². The fourth-order valence-electron chi connectivity index (χ4n) is 4.11.